The second-order valence-corrected chi connectivity index (χ2v) is 3.90. The number of hydrogen-bond donors (Lipinski definition) is 0. The Labute approximate surface area is 104 Å². The molecule has 0 atom stereocenters. The van der Waals surface area contributed by atoms with Crippen LogP contribution in [0.25, 0.3) is 0 Å². The van der Waals surface area contributed by atoms with Gasteiger partial charge in [-0.2, -0.15) is 0 Å². The number of nitrogens with zero attached hydrogens (tertiary/aromatic N) is 1. The van der Waals surface area contributed by atoms with Crippen LogP contribution in [0.3, 0.4) is 0 Å². The fraction of sp³-hybridized carbons (Fsp3) is 0.273. The van der Waals surface area contributed by atoms with Gasteiger partial charge in [-0.3, -0.25) is 9.10 Å². The Bertz CT molecular complexity index is 346. The molecular weight excluding hydrogens is 242 g/mol. The summed E-state index contributed by atoms with van der Waals surface area (Å²) in [6.07, 6.45) is 10.8. The predicted molar refractivity (Wildman–Crippen MR) is 64.8 cm³/mol. The largest absolute Gasteiger partial charge is 0.462 e. The SMILES string of the molecule is CC(=O)OCCOC(=O)SN1C=CC=CC=C1. The van der Waals surface area contributed by atoms with E-state index in [1.807, 2.05) is 12.2 Å². The van der Waals surface area contributed by atoms with Crippen LogP contribution in [0.15, 0.2) is 36.7 Å². The van der Waals surface area contributed by atoms with Crippen LogP contribution in [-0.2, 0) is 14.3 Å². The maximum atomic E-state index is 11.3. The van der Waals surface area contributed by atoms with E-state index in [-0.39, 0.29) is 13.2 Å². The van der Waals surface area contributed by atoms with Gasteiger partial charge < -0.3 is 9.47 Å². The van der Waals surface area contributed by atoms with Crippen LogP contribution < -0.4 is 0 Å². The summed E-state index contributed by atoms with van der Waals surface area (Å²) in [6.45, 7) is 1.44. The first-order valence-electron chi connectivity index (χ1n) is 4.96. The van der Waals surface area contributed by atoms with Gasteiger partial charge in [-0.05, 0) is 12.2 Å². The first-order valence-corrected chi connectivity index (χ1v) is 5.74. The van der Waals surface area contributed by atoms with E-state index in [2.05, 4.69) is 4.74 Å². The van der Waals surface area contributed by atoms with Crippen LogP contribution in [0.5, 0.6) is 0 Å². The van der Waals surface area contributed by atoms with E-state index in [4.69, 9.17) is 4.74 Å². The van der Waals surface area contributed by atoms with Crippen molar-refractivity contribution < 1.29 is 19.1 Å². The Morgan fingerprint density at radius 2 is 1.65 bits per heavy atom. The van der Waals surface area contributed by atoms with E-state index in [0.717, 1.165) is 11.9 Å². The minimum Gasteiger partial charge on any atom is -0.462 e. The van der Waals surface area contributed by atoms with Crippen molar-refractivity contribution in [2.45, 2.75) is 6.92 Å². The van der Waals surface area contributed by atoms with Gasteiger partial charge in [-0.25, -0.2) is 4.79 Å². The average Bonchev–Trinajstić information content (AvgIpc) is 2.53. The molecule has 17 heavy (non-hydrogen) atoms. The molecule has 1 aliphatic rings. The minimum absolute atomic E-state index is 0.0604. The molecule has 0 aromatic carbocycles. The third-order valence-electron chi connectivity index (χ3n) is 1.59. The minimum atomic E-state index is -0.451. The Balaban J connectivity index is 2.18. The molecule has 1 aliphatic heterocycles. The van der Waals surface area contributed by atoms with Gasteiger partial charge in [0.05, 0.1) is 11.9 Å². The van der Waals surface area contributed by atoms with Crippen molar-refractivity contribution in [3.05, 3.63) is 36.7 Å². The highest BCUT2D eigenvalue weighted by molar-refractivity contribution is 8.11. The Morgan fingerprint density at radius 1 is 1.06 bits per heavy atom. The zero-order valence-electron chi connectivity index (χ0n) is 9.37. The normalized spacial score (nSPS) is 13.4. The first-order chi connectivity index (χ1) is 8.18. The molecule has 0 spiro atoms. The predicted octanol–water partition coefficient (Wildman–Crippen LogP) is 2.23. The molecular formula is C11H13NO4S. The molecule has 1 heterocycles. The van der Waals surface area contributed by atoms with E-state index in [1.165, 1.54) is 6.92 Å². The van der Waals surface area contributed by atoms with Crippen LogP contribution in [0.4, 0.5) is 4.79 Å². The van der Waals surface area contributed by atoms with E-state index >= 15 is 0 Å². The molecule has 1 rings (SSSR count). The Hall–Kier alpha value is -1.69. The van der Waals surface area contributed by atoms with Crippen molar-refractivity contribution in [3.8, 4) is 0 Å². The number of hydrogen-bond acceptors (Lipinski definition) is 6. The number of ether oxygens (including phenoxy) is 2. The molecule has 0 N–H and O–H groups in total. The van der Waals surface area contributed by atoms with E-state index in [0.29, 0.717) is 0 Å². The Kier molecular flexibility index (Phi) is 5.95. The first kappa shape index (κ1) is 13.4. The van der Waals surface area contributed by atoms with Gasteiger partial charge >= 0.3 is 11.3 Å². The summed E-state index contributed by atoms with van der Waals surface area (Å²) in [6, 6.07) is 0. The second kappa shape index (κ2) is 7.56. The zero-order valence-corrected chi connectivity index (χ0v) is 10.2. The monoisotopic (exact) mass is 255 g/mol. The lowest BCUT2D eigenvalue weighted by atomic mass is 10.5. The molecule has 0 saturated heterocycles. The fourth-order valence-corrected chi connectivity index (χ4v) is 1.50. The molecule has 0 aromatic heterocycles. The number of carbonyl (C=O) groups is 2. The van der Waals surface area contributed by atoms with Crippen molar-refractivity contribution in [1.82, 2.24) is 4.31 Å². The van der Waals surface area contributed by atoms with Crippen molar-refractivity contribution in [2.24, 2.45) is 0 Å². The number of allylic oxidation sites excluding steroid dienone is 4. The molecule has 0 fully saturated rings. The molecule has 5 nitrogen and oxygen atoms in total. The summed E-state index contributed by atoms with van der Waals surface area (Å²) in [4.78, 5) is 21.8. The highest BCUT2D eigenvalue weighted by Gasteiger charge is 2.08. The quantitative estimate of drug-likeness (QED) is 0.436. The van der Waals surface area contributed by atoms with Crippen molar-refractivity contribution in [2.75, 3.05) is 13.2 Å². The van der Waals surface area contributed by atoms with Crippen molar-refractivity contribution >= 4 is 23.2 Å². The second-order valence-electron chi connectivity index (χ2n) is 2.96. The van der Waals surface area contributed by atoms with Gasteiger partial charge in [0.1, 0.15) is 13.2 Å². The summed E-state index contributed by atoms with van der Waals surface area (Å²) in [5.74, 6) is -0.391. The topological polar surface area (TPSA) is 55.8 Å². The molecule has 0 radical (unpaired) electrons. The van der Waals surface area contributed by atoms with Gasteiger partial charge in [0.2, 0.25) is 0 Å². The van der Waals surface area contributed by atoms with Crippen LogP contribution >= 0.6 is 11.9 Å². The molecule has 0 amide bonds. The van der Waals surface area contributed by atoms with Gasteiger partial charge in [-0.1, -0.05) is 12.2 Å². The number of rotatable bonds is 4. The van der Waals surface area contributed by atoms with E-state index in [1.54, 1.807) is 28.9 Å². The third kappa shape index (κ3) is 6.47. The molecule has 0 aromatic rings. The summed E-state index contributed by atoms with van der Waals surface area (Å²) in [7, 11) is 0. The van der Waals surface area contributed by atoms with E-state index < -0.39 is 11.3 Å². The van der Waals surface area contributed by atoms with Gasteiger partial charge in [0.15, 0.2) is 0 Å². The van der Waals surface area contributed by atoms with Gasteiger partial charge in [0.25, 0.3) is 0 Å². The zero-order chi connectivity index (χ0) is 12.5. The molecule has 6 heteroatoms. The van der Waals surface area contributed by atoms with Crippen LogP contribution in [-0.4, -0.2) is 28.8 Å². The lowest BCUT2D eigenvalue weighted by Gasteiger charge is -2.11. The number of carbonyl (C=O) groups excluding carboxylic acids is 2. The molecule has 0 bridgehead atoms. The maximum absolute atomic E-state index is 11.3. The summed E-state index contributed by atoms with van der Waals surface area (Å²) >= 11 is 0.911. The highest BCUT2D eigenvalue weighted by atomic mass is 32.2. The van der Waals surface area contributed by atoms with Gasteiger partial charge in [0, 0.05) is 19.3 Å². The molecule has 0 aliphatic carbocycles. The fourth-order valence-electron chi connectivity index (χ4n) is 0.931. The molecule has 0 saturated carbocycles. The average molecular weight is 255 g/mol. The highest BCUT2D eigenvalue weighted by Crippen LogP contribution is 2.15. The van der Waals surface area contributed by atoms with Crippen molar-refractivity contribution in [3.63, 3.8) is 0 Å². The lowest BCUT2D eigenvalue weighted by Crippen LogP contribution is -2.11. The molecule has 92 valence electrons. The smallest absolute Gasteiger partial charge is 0.388 e. The summed E-state index contributed by atoms with van der Waals surface area (Å²) in [5, 5.41) is -0.451. The third-order valence-corrected chi connectivity index (χ3v) is 2.31. The van der Waals surface area contributed by atoms with Crippen LogP contribution in [0.2, 0.25) is 0 Å². The van der Waals surface area contributed by atoms with Gasteiger partial charge in [-0.15, -0.1) is 0 Å². The Morgan fingerprint density at radius 3 is 2.24 bits per heavy atom. The molecule has 0 unspecified atom stereocenters. The lowest BCUT2D eigenvalue weighted by molar-refractivity contribution is -0.141. The van der Waals surface area contributed by atoms with Crippen LogP contribution in [0.1, 0.15) is 6.92 Å². The number of esters is 1. The van der Waals surface area contributed by atoms with E-state index in [9.17, 15) is 9.59 Å². The summed E-state index contributed by atoms with van der Waals surface area (Å²) in [5.41, 5.74) is 0. The summed E-state index contributed by atoms with van der Waals surface area (Å²) < 4.78 is 11.1. The maximum Gasteiger partial charge on any atom is 0.388 e. The van der Waals surface area contributed by atoms with Crippen LogP contribution in [0, 0.1) is 0 Å². The van der Waals surface area contributed by atoms with Crippen molar-refractivity contribution in [1.29, 1.82) is 0 Å². The standard InChI is InChI=1S/C11H13NO4S/c1-10(13)15-8-9-16-11(14)17-12-6-4-2-3-5-7-12/h2-7H,8-9H2,1H3.